The zero-order valence-corrected chi connectivity index (χ0v) is 14.7. The van der Waals surface area contributed by atoms with Crippen molar-refractivity contribution < 1.29 is 9.59 Å². The fourth-order valence-corrected chi connectivity index (χ4v) is 4.54. The second-order valence-electron chi connectivity index (χ2n) is 6.24. The standard InChI is InChI=1S/C16H29N3O2S/c1-3-22-15-7-4-6-14(12-15)17-16(21)19-9-5-8-18(10-11-19)13(2)20/h14-15H,3-12H2,1-2H3,(H,17,21)/t14-,15+/m0/s1. The fraction of sp³-hybridized carbons (Fsp3) is 0.875. The van der Waals surface area contributed by atoms with Crippen molar-refractivity contribution in [3.63, 3.8) is 0 Å². The second-order valence-corrected chi connectivity index (χ2v) is 7.81. The van der Waals surface area contributed by atoms with E-state index in [9.17, 15) is 9.59 Å². The predicted molar refractivity (Wildman–Crippen MR) is 91.2 cm³/mol. The zero-order valence-electron chi connectivity index (χ0n) is 13.8. The Kier molecular flexibility index (Phi) is 6.86. The number of nitrogens with zero attached hydrogens (tertiary/aromatic N) is 2. The molecule has 0 aromatic heterocycles. The van der Waals surface area contributed by atoms with Crippen LogP contribution < -0.4 is 5.32 Å². The molecule has 0 unspecified atom stereocenters. The maximum atomic E-state index is 12.5. The molecule has 1 saturated carbocycles. The molecule has 2 atom stereocenters. The van der Waals surface area contributed by atoms with Crippen LogP contribution >= 0.6 is 11.8 Å². The van der Waals surface area contributed by atoms with Crippen LogP contribution in [0.4, 0.5) is 4.79 Å². The van der Waals surface area contributed by atoms with Crippen molar-refractivity contribution >= 4 is 23.7 Å². The average Bonchev–Trinajstić information content (AvgIpc) is 2.74. The number of carbonyl (C=O) groups excluding carboxylic acids is 2. The third-order valence-electron chi connectivity index (χ3n) is 4.58. The number of amides is 3. The van der Waals surface area contributed by atoms with Crippen LogP contribution in [0.1, 0.15) is 46.0 Å². The largest absolute Gasteiger partial charge is 0.341 e. The Morgan fingerprint density at radius 3 is 2.55 bits per heavy atom. The molecule has 1 N–H and O–H groups in total. The molecule has 0 bridgehead atoms. The Morgan fingerprint density at radius 2 is 1.82 bits per heavy atom. The molecular formula is C16H29N3O2S. The predicted octanol–water partition coefficient (Wildman–Crippen LogP) is 2.31. The first-order valence-electron chi connectivity index (χ1n) is 8.52. The van der Waals surface area contributed by atoms with E-state index < -0.39 is 0 Å². The molecule has 1 aliphatic heterocycles. The lowest BCUT2D eigenvalue weighted by molar-refractivity contribution is -0.128. The Hall–Kier alpha value is -0.910. The maximum absolute atomic E-state index is 12.5. The Labute approximate surface area is 138 Å². The van der Waals surface area contributed by atoms with E-state index in [-0.39, 0.29) is 11.9 Å². The van der Waals surface area contributed by atoms with E-state index in [2.05, 4.69) is 12.2 Å². The third-order valence-corrected chi connectivity index (χ3v) is 5.82. The highest BCUT2D eigenvalue weighted by Crippen LogP contribution is 2.28. The first kappa shape index (κ1) is 17.4. The molecule has 0 radical (unpaired) electrons. The van der Waals surface area contributed by atoms with E-state index in [1.807, 2.05) is 21.6 Å². The first-order chi connectivity index (χ1) is 10.6. The van der Waals surface area contributed by atoms with Crippen LogP contribution in [0.2, 0.25) is 0 Å². The van der Waals surface area contributed by atoms with Gasteiger partial charge in [-0.05, 0) is 31.4 Å². The van der Waals surface area contributed by atoms with E-state index in [0.29, 0.717) is 24.4 Å². The molecule has 2 aliphatic rings. The minimum Gasteiger partial charge on any atom is -0.341 e. The van der Waals surface area contributed by atoms with Gasteiger partial charge >= 0.3 is 6.03 Å². The third kappa shape index (κ3) is 5.07. The number of rotatable bonds is 3. The van der Waals surface area contributed by atoms with Crippen LogP contribution in [0.5, 0.6) is 0 Å². The van der Waals surface area contributed by atoms with E-state index in [1.165, 1.54) is 12.8 Å². The molecule has 1 heterocycles. The van der Waals surface area contributed by atoms with Gasteiger partial charge in [0.05, 0.1) is 0 Å². The Morgan fingerprint density at radius 1 is 1.09 bits per heavy atom. The highest BCUT2D eigenvalue weighted by molar-refractivity contribution is 7.99. The van der Waals surface area contributed by atoms with Gasteiger partial charge in [-0.25, -0.2) is 4.79 Å². The quantitative estimate of drug-likeness (QED) is 0.865. The van der Waals surface area contributed by atoms with Crippen LogP contribution in [0, 0.1) is 0 Å². The number of carbonyl (C=O) groups is 2. The van der Waals surface area contributed by atoms with Crippen molar-refractivity contribution in [2.75, 3.05) is 31.9 Å². The van der Waals surface area contributed by atoms with Gasteiger partial charge < -0.3 is 15.1 Å². The number of urea groups is 1. The summed E-state index contributed by atoms with van der Waals surface area (Å²) in [5, 5.41) is 3.91. The van der Waals surface area contributed by atoms with E-state index in [0.717, 1.165) is 38.1 Å². The van der Waals surface area contributed by atoms with Gasteiger partial charge in [0.2, 0.25) is 5.91 Å². The molecule has 5 nitrogen and oxygen atoms in total. The summed E-state index contributed by atoms with van der Waals surface area (Å²) < 4.78 is 0. The number of hydrogen-bond donors (Lipinski definition) is 1. The topological polar surface area (TPSA) is 52.7 Å². The van der Waals surface area contributed by atoms with Crippen molar-refractivity contribution in [1.29, 1.82) is 0 Å². The van der Waals surface area contributed by atoms with Gasteiger partial charge in [-0.15, -0.1) is 0 Å². The molecule has 1 saturated heterocycles. The maximum Gasteiger partial charge on any atom is 0.317 e. The van der Waals surface area contributed by atoms with E-state index in [1.54, 1.807) is 6.92 Å². The van der Waals surface area contributed by atoms with Gasteiger partial charge in [0.1, 0.15) is 0 Å². The van der Waals surface area contributed by atoms with Gasteiger partial charge in [0.25, 0.3) is 0 Å². The molecule has 22 heavy (non-hydrogen) atoms. The lowest BCUT2D eigenvalue weighted by Gasteiger charge is -2.31. The van der Waals surface area contributed by atoms with Crippen molar-refractivity contribution in [1.82, 2.24) is 15.1 Å². The van der Waals surface area contributed by atoms with Crippen LogP contribution in [0.15, 0.2) is 0 Å². The van der Waals surface area contributed by atoms with Crippen LogP contribution in [-0.4, -0.2) is 65.0 Å². The first-order valence-corrected chi connectivity index (χ1v) is 9.57. The molecule has 6 heteroatoms. The van der Waals surface area contributed by atoms with Gasteiger partial charge in [0, 0.05) is 44.4 Å². The minimum atomic E-state index is 0.0533. The zero-order chi connectivity index (χ0) is 15.9. The van der Waals surface area contributed by atoms with E-state index >= 15 is 0 Å². The smallest absolute Gasteiger partial charge is 0.317 e. The normalized spacial score (nSPS) is 26.5. The monoisotopic (exact) mass is 327 g/mol. The number of thioether (sulfide) groups is 1. The van der Waals surface area contributed by atoms with Crippen molar-refractivity contribution in [3.8, 4) is 0 Å². The summed E-state index contributed by atoms with van der Waals surface area (Å²) in [6.07, 6.45) is 5.55. The molecular weight excluding hydrogens is 298 g/mol. The van der Waals surface area contributed by atoms with Crippen molar-refractivity contribution in [3.05, 3.63) is 0 Å². The average molecular weight is 327 g/mol. The lowest BCUT2D eigenvalue weighted by Crippen LogP contribution is -2.47. The second kappa shape index (κ2) is 8.65. The molecule has 1 aliphatic carbocycles. The highest BCUT2D eigenvalue weighted by atomic mass is 32.2. The summed E-state index contributed by atoms with van der Waals surface area (Å²) >= 11 is 2.02. The van der Waals surface area contributed by atoms with Crippen LogP contribution in [0.25, 0.3) is 0 Å². The van der Waals surface area contributed by atoms with Gasteiger partial charge in [-0.1, -0.05) is 13.3 Å². The minimum absolute atomic E-state index is 0.0533. The summed E-state index contributed by atoms with van der Waals surface area (Å²) in [7, 11) is 0. The molecule has 3 amide bonds. The number of nitrogens with one attached hydrogen (secondary N) is 1. The SMILES string of the molecule is CCS[C@@H]1CCC[C@H](NC(=O)N2CCCN(C(C)=O)CC2)C1. The van der Waals surface area contributed by atoms with Crippen molar-refractivity contribution in [2.24, 2.45) is 0 Å². The molecule has 126 valence electrons. The van der Waals surface area contributed by atoms with Crippen LogP contribution in [-0.2, 0) is 4.79 Å². The molecule has 0 aromatic rings. The Balaban J connectivity index is 1.80. The summed E-state index contributed by atoms with van der Waals surface area (Å²) in [5.74, 6) is 1.26. The van der Waals surface area contributed by atoms with Gasteiger partial charge in [0.15, 0.2) is 0 Å². The van der Waals surface area contributed by atoms with Gasteiger partial charge in [-0.3, -0.25) is 4.79 Å². The van der Waals surface area contributed by atoms with Crippen molar-refractivity contribution in [2.45, 2.75) is 57.2 Å². The Bertz CT molecular complexity index is 390. The highest BCUT2D eigenvalue weighted by Gasteiger charge is 2.26. The summed E-state index contributed by atoms with van der Waals surface area (Å²) in [4.78, 5) is 27.6. The summed E-state index contributed by atoms with van der Waals surface area (Å²) in [6, 6.07) is 0.370. The van der Waals surface area contributed by atoms with Gasteiger partial charge in [-0.2, -0.15) is 11.8 Å². The number of hydrogen-bond acceptors (Lipinski definition) is 3. The molecule has 2 fully saturated rings. The van der Waals surface area contributed by atoms with Crippen LogP contribution in [0.3, 0.4) is 0 Å². The molecule has 2 rings (SSSR count). The van der Waals surface area contributed by atoms with E-state index in [4.69, 9.17) is 0 Å². The molecule has 0 spiro atoms. The fourth-order valence-electron chi connectivity index (χ4n) is 3.36. The molecule has 0 aromatic carbocycles. The summed E-state index contributed by atoms with van der Waals surface area (Å²) in [5.41, 5.74) is 0. The lowest BCUT2D eigenvalue weighted by atomic mass is 9.95. The summed E-state index contributed by atoms with van der Waals surface area (Å²) in [6.45, 7) is 6.61.